The van der Waals surface area contributed by atoms with E-state index >= 15 is 0 Å². The van der Waals surface area contributed by atoms with E-state index in [2.05, 4.69) is 20.7 Å². The number of halogens is 4. The van der Waals surface area contributed by atoms with Gasteiger partial charge in [0.1, 0.15) is 11.5 Å². The number of rotatable bonds is 4. The summed E-state index contributed by atoms with van der Waals surface area (Å²) in [4.78, 5) is 12.0. The Labute approximate surface area is 138 Å². The van der Waals surface area contributed by atoms with Gasteiger partial charge in [-0.2, -0.15) is 0 Å². The Hall–Kier alpha value is -2.28. The third-order valence-electron chi connectivity index (χ3n) is 2.76. The highest BCUT2D eigenvalue weighted by molar-refractivity contribution is 9.10. The van der Waals surface area contributed by atoms with Gasteiger partial charge in [0.2, 0.25) is 0 Å². The highest BCUT2D eigenvalue weighted by atomic mass is 79.9. The number of ether oxygens (including phenoxy) is 1. The zero-order chi connectivity index (χ0) is 17.0. The third kappa shape index (κ3) is 5.14. The molecule has 2 aromatic carbocycles. The molecular formula is C16H10BrF3O3. The monoisotopic (exact) mass is 386 g/mol. The van der Waals surface area contributed by atoms with Crippen LogP contribution >= 0.6 is 15.9 Å². The Morgan fingerprint density at radius 2 is 1.78 bits per heavy atom. The Bertz CT molecular complexity index is 737. The molecule has 0 aromatic heterocycles. The lowest BCUT2D eigenvalue weighted by molar-refractivity contribution is -0.274. The first kappa shape index (κ1) is 17.1. The fourth-order valence-corrected chi connectivity index (χ4v) is 2.11. The standard InChI is InChI=1S/C16H10BrF3O3/c17-11-4-8-15(22)13(9-11)14(21)7-3-10-1-5-12(6-2-10)23-16(18,19)20/h1-9,22H/b7-3+. The molecule has 0 spiro atoms. The maximum Gasteiger partial charge on any atom is 0.573 e. The van der Waals surface area contributed by atoms with Gasteiger partial charge >= 0.3 is 6.36 Å². The topological polar surface area (TPSA) is 46.5 Å². The van der Waals surface area contributed by atoms with Gasteiger partial charge in [-0.05, 0) is 42.0 Å². The van der Waals surface area contributed by atoms with Crippen LogP contribution in [0.2, 0.25) is 0 Å². The molecule has 0 atom stereocenters. The van der Waals surface area contributed by atoms with E-state index in [0.29, 0.717) is 10.0 Å². The lowest BCUT2D eigenvalue weighted by Crippen LogP contribution is -2.16. The molecule has 0 amide bonds. The summed E-state index contributed by atoms with van der Waals surface area (Å²) in [7, 11) is 0. The van der Waals surface area contributed by atoms with Gasteiger partial charge in [0, 0.05) is 4.47 Å². The van der Waals surface area contributed by atoms with E-state index in [4.69, 9.17) is 0 Å². The first-order valence-electron chi connectivity index (χ1n) is 6.31. The van der Waals surface area contributed by atoms with Crippen molar-refractivity contribution in [3.8, 4) is 11.5 Å². The summed E-state index contributed by atoms with van der Waals surface area (Å²) >= 11 is 3.20. The Morgan fingerprint density at radius 3 is 2.39 bits per heavy atom. The van der Waals surface area contributed by atoms with E-state index in [9.17, 15) is 23.1 Å². The second-order valence-corrected chi connectivity index (χ2v) is 5.39. The summed E-state index contributed by atoms with van der Waals surface area (Å²) in [5.41, 5.74) is 0.634. The zero-order valence-corrected chi connectivity index (χ0v) is 13.1. The van der Waals surface area contributed by atoms with Crippen LogP contribution < -0.4 is 4.74 Å². The van der Waals surface area contributed by atoms with Crippen molar-refractivity contribution >= 4 is 27.8 Å². The summed E-state index contributed by atoms with van der Waals surface area (Å²) < 4.78 is 40.5. The first-order chi connectivity index (χ1) is 10.7. The molecule has 0 saturated carbocycles. The maximum atomic E-state index is 12.0. The number of alkyl halides is 3. The predicted molar refractivity (Wildman–Crippen MR) is 82.3 cm³/mol. The average Bonchev–Trinajstić information content (AvgIpc) is 2.47. The Balaban J connectivity index is 2.11. The minimum atomic E-state index is -4.74. The van der Waals surface area contributed by atoms with Gasteiger partial charge in [-0.15, -0.1) is 13.2 Å². The number of carbonyl (C=O) groups excluding carboxylic acids is 1. The van der Waals surface area contributed by atoms with Crippen LogP contribution in [0.5, 0.6) is 11.5 Å². The fraction of sp³-hybridized carbons (Fsp3) is 0.0625. The maximum absolute atomic E-state index is 12.0. The van der Waals surface area contributed by atoms with Crippen molar-refractivity contribution in [1.29, 1.82) is 0 Å². The molecule has 3 nitrogen and oxygen atoms in total. The molecule has 2 aromatic rings. The van der Waals surface area contributed by atoms with Crippen LogP contribution in [0.25, 0.3) is 6.08 Å². The molecular weight excluding hydrogens is 377 g/mol. The number of phenolic OH excluding ortho intramolecular Hbond substituents is 1. The quantitative estimate of drug-likeness (QED) is 0.597. The van der Waals surface area contributed by atoms with Crippen molar-refractivity contribution < 1.29 is 27.8 Å². The van der Waals surface area contributed by atoms with E-state index in [1.807, 2.05) is 0 Å². The van der Waals surface area contributed by atoms with Crippen molar-refractivity contribution in [2.24, 2.45) is 0 Å². The number of carbonyl (C=O) groups is 1. The van der Waals surface area contributed by atoms with Crippen LogP contribution in [0, 0.1) is 0 Å². The lowest BCUT2D eigenvalue weighted by Gasteiger charge is -2.08. The van der Waals surface area contributed by atoms with Crippen molar-refractivity contribution in [2.75, 3.05) is 0 Å². The highest BCUT2D eigenvalue weighted by Crippen LogP contribution is 2.24. The number of hydrogen-bond donors (Lipinski definition) is 1. The predicted octanol–water partition coefficient (Wildman–Crippen LogP) is 4.95. The van der Waals surface area contributed by atoms with Crippen molar-refractivity contribution in [3.63, 3.8) is 0 Å². The fourth-order valence-electron chi connectivity index (χ4n) is 1.75. The number of aromatic hydroxyl groups is 1. The second-order valence-electron chi connectivity index (χ2n) is 4.48. The zero-order valence-electron chi connectivity index (χ0n) is 11.5. The van der Waals surface area contributed by atoms with Gasteiger partial charge < -0.3 is 9.84 Å². The molecule has 23 heavy (non-hydrogen) atoms. The number of ketones is 1. The molecule has 0 fully saturated rings. The minimum Gasteiger partial charge on any atom is -0.507 e. The van der Waals surface area contributed by atoms with Gasteiger partial charge in [-0.25, -0.2) is 0 Å². The van der Waals surface area contributed by atoms with E-state index in [1.165, 1.54) is 36.4 Å². The number of allylic oxidation sites excluding steroid dienone is 1. The molecule has 1 N–H and O–H groups in total. The molecule has 2 rings (SSSR count). The molecule has 0 aliphatic rings. The smallest absolute Gasteiger partial charge is 0.507 e. The number of phenols is 1. The Morgan fingerprint density at radius 1 is 1.13 bits per heavy atom. The average molecular weight is 387 g/mol. The van der Waals surface area contributed by atoms with E-state index in [-0.39, 0.29) is 17.1 Å². The van der Waals surface area contributed by atoms with Gasteiger partial charge in [0.15, 0.2) is 5.78 Å². The van der Waals surface area contributed by atoms with Crippen LogP contribution in [0.15, 0.2) is 53.0 Å². The van der Waals surface area contributed by atoms with Crippen molar-refractivity contribution in [3.05, 3.63) is 64.1 Å². The molecule has 0 heterocycles. The summed E-state index contributed by atoms with van der Waals surface area (Å²) in [5, 5.41) is 9.65. The second kappa shape index (κ2) is 6.87. The van der Waals surface area contributed by atoms with Crippen LogP contribution in [0.1, 0.15) is 15.9 Å². The largest absolute Gasteiger partial charge is 0.573 e. The van der Waals surface area contributed by atoms with E-state index in [0.717, 1.165) is 12.1 Å². The molecule has 7 heteroatoms. The van der Waals surface area contributed by atoms with Gasteiger partial charge in [0.05, 0.1) is 5.56 Å². The van der Waals surface area contributed by atoms with Crippen molar-refractivity contribution in [2.45, 2.75) is 6.36 Å². The molecule has 0 bridgehead atoms. The van der Waals surface area contributed by atoms with Crippen molar-refractivity contribution in [1.82, 2.24) is 0 Å². The molecule has 0 radical (unpaired) electrons. The molecule has 0 unspecified atom stereocenters. The molecule has 0 aliphatic carbocycles. The van der Waals surface area contributed by atoms with Crippen LogP contribution in [-0.4, -0.2) is 17.3 Å². The first-order valence-corrected chi connectivity index (χ1v) is 7.10. The van der Waals surface area contributed by atoms with Crippen LogP contribution in [0.4, 0.5) is 13.2 Å². The summed E-state index contributed by atoms with van der Waals surface area (Å²) in [5.74, 6) is -0.929. The SMILES string of the molecule is O=C(/C=C/c1ccc(OC(F)(F)F)cc1)c1cc(Br)ccc1O. The number of hydrogen-bond acceptors (Lipinski definition) is 3. The Kier molecular flexibility index (Phi) is 5.10. The van der Waals surface area contributed by atoms with Gasteiger partial charge in [-0.3, -0.25) is 4.79 Å². The summed E-state index contributed by atoms with van der Waals surface area (Å²) in [6.45, 7) is 0. The summed E-state index contributed by atoms with van der Waals surface area (Å²) in [6, 6.07) is 9.51. The number of benzene rings is 2. The van der Waals surface area contributed by atoms with Gasteiger partial charge in [0.25, 0.3) is 0 Å². The third-order valence-corrected chi connectivity index (χ3v) is 3.26. The normalized spacial score (nSPS) is 11.7. The van der Waals surface area contributed by atoms with E-state index < -0.39 is 12.1 Å². The highest BCUT2D eigenvalue weighted by Gasteiger charge is 2.30. The molecule has 120 valence electrons. The minimum absolute atomic E-state index is 0.118. The van der Waals surface area contributed by atoms with Crippen LogP contribution in [0.3, 0.4) is 0 Å². The molecule has 0 aliphatic heterocycles. The lowest BCUT2D eigenvalue weighted by atomic mass is 10.1. The van der Waals surface area contributed by atoms with Crippen LogP contribution in [-0.2, 0) is 0 Å². The van der Waals surface area contributed by atoms with E-state index in [1.54, 1.807) is 6.07 Å². The van der Waals surface area contributed by atoms with Gasteiger partial charge in [-0.1, -0.05) is 34.1 Å². The molecule has 0 saturated heterocycles. The summed E-state index contributed by atoms with van der Waals surface area (Å²) in [6.07, 6.45) is -2.09.